The van der Waals surface area contributed by atoms with Crippen LogP contribution < -0.4 is 5.73 Å². The van der Waals surface area contributed by atoms with Crippen molar-refractivity contribution in [3.8, 4) is 5.75 Å². The van der Waals surface area contributed by atoms with Gasteiger partial charge in [-0.15, -0.1) is 12.4 Å². The maximum atomic E-state index is 10.9. The first-order valence-corrected chi connectivity index (χ1v) is 6.80. The first kappa shape index (κ1) is 17.2. The van der Waals surface area contributed by atoms with Crippen molar-refractivity contribution in [3.05, 3.63) is 32.3 Å². The van der Waals surface area contributed by atoms with Gasteiger partial charge in [0.05, 0.1) is 9.40 Å². The number of nitro benzene ring substituents is 1. The minimum atomic E-state index is -0.496. The van der Waals surface area contributed by atoms with Gasteiger partial charge in [0.1, 0.15) is 5.75 Å². The molecule has 1 aliphatic rings. The standard InChI is InChI=1S/C12H15BrN2O4.ClH/c13-10-6-8(15(17)18)5-9(12(10)16)11(14)7-1-3-19-4-2-7;/h5-7,11,16H,1-4,14H2;1H/t11-;/m1./s1. The van der Waals surface area contributed by atoms with Gasteiger partial charge in [0, 0.05) is 37.0 Å². The van der Waals surface area contributed by atoms with E-state index in [0.29, 0.717) is 23.2 Å². The molecule has 0 amide bonds. The minimum Gasteiger partial charge on any atom is -0.506 e. The lowest BCUT2D eigenvalue weighted by molar-refractivity contribution is -0.385. The van der Waals surface area contributed by atoms with Gasteiger partial charge in [-0.1, -0.05) is 0 Å². The highest BCUT2D eigenvalue weighted by molar-refractivity contribution is 9.10. The summed E-state index contributed by atoms with van der Waals surface area (Å²) < 4.78 is 5.56. The molecule has 1 saturated heterocycles. The molecule has 0 saturated carbocycles. The van der Waals surface area contributed by atoms with E-state index in [9.17, 15) is 15.2 Å². The molecule has 1 aromatic carbocycles. The number of phenolic OH excluding ortho intramolecular Hbond substituents is 1. The SMILES string of the molecule is Cl.N[C@@H](c1cc([N+](=O)[O-])cc(Br)c1O)C1CCOCC1. The maximum absolute atomic E-state index is 10.9. The number of nitrogens with zero attached hydrogens (tertiary/aromatic N) is 1. The predicted molar refractivity (Wildman–Crippen MR) is 80.2 cm³/mol. The molecule has 0 unspecified atom stereocenters. The Bertz CT molecular complexity index is 495. The van der Waals surface area contributed by atoms with Crippen molar-refractivity contribution < 1.29 is 14.8 Å². The number of rotatable bonds is 3. The molecule has 20 heavy (non-hydrogen) atoms. The second-order valence-corrected chi connectivity index (χ2v) is 5.45. The quantitative estimate of drug-likeness (QED) is 0.632. The number of ether oxygens (including phenoxy) is 1. The summed E-state index contributed by atoms with van der Waals surface area (Å²) in [5.74, 6) is 0.137. The molecule has 0 spiro atoms. The zero-order valence-corrected chi connectivity index (χ0v) is 13.0. The molecule has 6 nitrogen and oxygen atoms in total. The second-order valence-electron chi connectivity index (χ2n) is 4.60. The highest BCUT2D eigenvalue weighted by atomic mass is 79.9. The predicted octanol–water partition coefficient (Wildman–Crippen LogP) is 2.91. The van der Waals surface area contributed by atoms with Gasteiger partial charge >= 0.3 is 0 Å². The molecule has 1 aliphatic heterocycles. The molecule has 1 heterocycles. The van der Waals surface area contributed by atoms with Crippen LogP contribution in [0.15, 0.2) is 16.6 Å². The number of halogens is 2. The third-order valence-electron chi connectivity index (χ3n) is 3.42. The third kappa shape index (κ3) is 3.60. The summed E-state index contributed by atoms with van der Waals surface area (Å²) >= 11 is 3.12. The number of phenols is 1. The van der Waals surface area contributed by atoms with Crippen LogP contribution in [0.2, 0.25) is 0 Å². The summed E-state index contributed by atoms with van der Waals surface area (Å²) in [7, 11) is 0. The summed E-state index contributed by atoms with van der Waals surface area (Å²) in [6.45, 7) is 1.27. The number of hydrogen-bond acceptors (Lipinski definition) is 5. The molecule has 0 radical (unpaired) electrons. The van der Waals surface area contributed by atoms with Gasteiger partial charge in [0.15, 0.2) is 0 Å². The molecule has 0 aliphatic carbocycles. The lowest BCUT2D eigenvalue weighted by Crippen LogP contribution is -2.27. The van der Waals surface area contributed by atoms with E-state index in [4.69, 9.17) is 10.5 Å². The number of nitrogens with two attached hydrogens (primary N) is 1. The van der Waals surface area contributed by atoms with Gasteiger partial charge in [-0.25, -0.2) is 0 Å². The van der Waals surface area contributed by atoms with E-state index in [1.165, 1.54) is 12.1 Å². The molecule has 8 heteroatoms. The normalized spacial score (nSPS) is 17.3. The van der Waals surface area contributed by atoms with Crippen molar-refractivity contribution in [2.24, 2.45) is 11.7 Å². The topological polar surface area (TPSA) is 98.6 Å². The van der Waals surface area contributed by atoms with Gasteiger partial charge < -0.3 is 15.6 Å². The maximum Gasteiger partial charge on any atom is 0.271 e. The Balaban J connectivity index is 0.00000200. The van der Waals surface area contributed by atoms with Crippen molar-refractivity contribution in [1.82, 2.24) is 0 Å². The van der Waals surface area contributed by atoms with Gasteiger partial charge in [-0.2, -0.15) is 0 Å². The fourth-order valence-electron chi connectivity index (χ4n) is 2.29. The molecule has 3 N–H and O–H groups in total. The number of nitro groups is 1. The fraction of sp³-hybridized carbons (Fsp3) is 0.500. The van der Waals surface area contributed by atoms with Crippen LogP contribution in [-0.4, -0.2) is 23.2 Å². The van der Waals surface area contributed by atoms with E-state index in [1.807, 2.05) is 0 Å². The van der Waals surface area contributed by atoms with Crippen molar-refractivity contribution in [1.29, 1.82) is 0 Å². The summed E-state index contributed by atoms with van der Waals surface area (Å²) in [4.78, 5) is 10.4. The fourth-order valence-corrected chi connectivity index (χ4v) is 2.76. The number of non-ortho nitro benzene ring substituents is 1. The van der Waals surface area contributed by atoms with Crippen LogP contribution in [0.3, 0.4) is 0 Å². The summed E-state index contributed by atoms with van der Waals surface area (Å²) in [5.41, 5.74) is 6.48. The molecule has 0 bridgehead atoms. The highest BCUT2D eigenvalue weighted by Gasteiger charge is 2.27. The lowest BCUT2D eigenvalue weighted by Gasteiger charge is -2.28. The van der Waals surface area contributed by atoms with E-state index in [0.717, 1.165) is 12.8 Å². The van der Waals surface area contributed by atoms with E-state index >= 15 is 0 Å². The van der Waals surface area contributed by atoms with E-state index < -0.39 is 11.0 Å². The molecule has 1 atom stereocenters. The first-order valence-electron chi connectivity index (χ1n) is 6.01. The van der Waals surface area contributed by atoms with E-state index in [2.05, 4.69) is 15.9 Å². The van der Waals surface area contributed by atoms with Crippen LogP contribution in [0, 0.1) is 16.0 Å². The van der Waals surface area contributed by atoms with Crippen LogP contribution >= 0.6 is 28.3 Å². The number of hydrogen-bond donors (Lipinski definition) is 2. The van der Waals surface area contributed by atoms with Crippen molar-refractivity contribution in [3.63, 3.8) is 0 Å². The lowest BCUT2D eigenvalue weighted by atomic mass is 9.87. The zero-order chi connectivity index (χ0) is 14.0. The van der Waals surface area contributed by atoms with Crippen molar-refractivity contribution >= 4 is 34.0 Å². The van der Waals surface area contributed by atoms with Crippen LogP contribution in [0.1, 0.15) is 24.4 Å². The zero-order valence-electron chi connectivity index (χ0n) is 10.6. The van der Waals surface area contributed by atoms with Gasteiger partial charge in [-0.05, 0) is 34.7 Å². The summed E-state index contributed by atoms with van der Waals surface area (Å²) in [6, 6.07) is 2.19. The van der Waals surface area contributed by atoms with E-state index in [1.54, 1.807) is 0 Å². The average molecular weight is 368 g/mol. The molecule has 112 valence electrons. The smallest absolute Gasteiger partial charge is 0.271 e. The van der Waals surface area contributed by atoms with E-state index in [-0.39, 0.29) is 29.8 Å². The molecule has 1 fully saturated rings. The molecular weight excluding hydrogens is 351 g/mol. The van der Waals surface area contributed by atoms with Crippen molar-refractivity contribution in [2.45, 2.75) is 18.9 Å². The number of aromatic hydroxyl groups is 1. The summed E-state index contributed by atoms with van der Waals surface area (Å²) in [6.07, 6.45) is 1.59. The Labute approximate surface area is 131 Å². The van der Waals surface area contributed by atoms with Crippen LogP contribution in [0.25, 0.3) is 0 Å². The monoisotopic (exact) mass is 366 g/mol. The molecule has 0 aromatic heterocycles. The Morgan fingerprint density at radius 2 is 2.05 bits per heavy atom. The Morgan fingerprint density at radius 3 is 2.60 bits per heavy atom. The van der Waals surface area contributed by atoms with Crippen LogP contribution in [-0.2, 0) is 4.74 Å². The highest BCUT2D eigenvalue weighted by Crippen LogP contribution is 2.39. The van der Waals surface area contributed by atoms with Crippen LogP contribution in [0.5, 0.6) is 5.75 Å². The molecule has 2 rings (SSSR count). The first-order chi connectivity index (χ1) is 9.00. The van der Waals surface area contributed by atoms with Gasteiger partial charge in [-0.3, -0.25) is 10.1 Å². The average Bonchev–Trinajstić information content (AvgIpc) is 2.41. The molecular formula is C12H16BrClN2O4. The minimum absolute atomic E-state index is 0. The third-order valence-corrected chi connectivity index (χ3v) is 4.03. The van der Waals surface area contributed by atoms with Crippen LogP contribution in [0.4, 0.5) is 5.69 Å². The Morgan fingerprint density at radius 1 is 1.45 bits per heavy atom. The Hall–Kier alpha value is -0.890. The van der Waals surface area contributed by atoms with Crippen molar-refractivity contribution in [2.75, 3.05) is 13.2 Å². The van der Waals surface area contributed by atoms with Gasteiger partial charge in [0.2, 0.25) is 0 Å². The van der Waals surface area contributed by atoms with Gasteiger partial charge in [0.25, 0.3) is 5.69 Å². The summed E-state index contributed by atoms with van der Waals surface area (Å²) in [5, 5.41) is 20.9. The molecule has 1 aromatic rings. The largest absolute Gasteiger partial charge is 0.506 e. The Kier molecular flexibility index (Phi) is 6.19. The number of benzene rings is 1. The second kappa shape index (κ2) is 7.21.